The summed E-state index contributed by atoms with van der Waals surface area (Å²) in [6.07, 6.45) is 2.03. The van der Waals surface area contributed by atoms with Gasteiger partial charge in [0.05, 0.1) is 13.2 Å². The van der Waals surface area contributed by atoms with Crippen LogP contribution in [0.2, 0.25) is 0 Å². The Morgan fingerprint density at radius 3 is 2.80 bits per heavy atom. The second-order valence-corrected chi connectivity index (χ2v) is 5.90. The molecule has 1 aliphatic carbocycles. The first-order valence-corrected chi connectivity index (χ1v) is 7.74. The van der Waals surface area contributed by atoms with E-state index < -0.39 is 0 Å². The fourth-order valence-corrected chi connectivity index (χ4v) is 3.58. The third-order valence-corrected chi connectivity index (χ3v) is 4.68. The zero-order valence-corrected chi connectivity index (χ0v) is 12.5. The standard InChI is InChI=1S/C16H24N2O2/c1-3-18-12(2)10-14-15(18)5-4-13(16(14)19)11-17-6-8-20-9-7-17/h10,13H,3-9,11H2,1-2H3. The van der Waals surface area contributed by atoms with Crippen LogP contribution in [-0.2, 0) is 17.7 Å². The molecule has 1 unspecified atom stereocenters. The maximum Gasteiger partial charge on any atom is 0.169 e. The highest BCUT2D eigenvalue weighted by Crippen LogP contribution is 2.29. The van der Waals surface area contributed by atoms with E-state index in [9.17, 15) is 4.79 Å². The number of morpholine rings is 1. The predicted molar refractivity (Wildman–Crippen MR) is 78.2 cm³/mol. The van der Waals surface area contributed by atoms with Crippen molar-refractivity contribution in [3.8, 4) is 0 Å². The normalized spacial score (nSPS) is 23.9. The molecule has 20 heavy (non-hydrogen) atoms. The molecule has 4 heteroatoms. The SMILES string of the molecule is CCn1c(C)cc2c1CCC(CN1CCOCC1)C2=O. The summed E-state index contributed by atoms with van der Waals surface area (Å²) in [4.78, 5) is 15.1. The number of rotatable bonds is 3. The Bertz CT molecular complexity index is 501. The van der Waals surface area contributed by atoms with Crippen LogP contribution in [0, 0.1) is 12.8 Å². The first-order chi connectivity index (χ1) is 9.70. The van der Waals surface area contributed by atoms with Gasteiger partial charge in [-0.2, -0.15) is 0 Å². The third-order valence-electron chi connectivity index (χ3n) is 4.68. The van der Waals surface area contributed by atoms with Crippen LogP contribution >= 0.6 is 0 Å². The number of Topliss-reactive ketones (excluding diaryl/α,β-unsaturated/α-hetero) is 1. The molecule has 4 nitrogen and oxygen atoms in total. The molecule has 0 radical (unpaired) electrons. The lowest BCUT2D eigenvalue weighted by molar-refractivity contribution is 0.0291. The quantitative estimate of drug-likeness (QED) is 0.845. The number of hydrogen-bond acceptors (Lipinski definition) is 3. The lowest BCUT2D eigenvalue weighted by Gasteiger charge is -2.31. The van der Waals surface area contributed by atoms with Crippen molar-refractivity contribution < 1.29 is 9.53 Å². The molecule has 3 rings (SSSR count). The van der Waals surface area contributed by atoms with Gasteiger partial charge in [-0.15, -0.1) is 0 Å². The Balaban J connectivity index is 1.75. The highest BCUT2D eigenvalue weighted by atomic mass is 16.5. The van der Waals surface area contributed by atoms with Gasteiger partial charge >= 0.3 is 0 Å². The summed E-state index contributed by atoms with van der Waals surface area (Å²) in [7, 11) is 0. The summed E-state index contributed by atoms with van der Waals surface area (Å²) in [6, 6.07) is 2.09. The van der Waals surface area contributed by atoms with E-state index in [4.69, 9.17) is 4.74 Å². The fraction of sp³-hybridized carbons (Fsp3) is 0.688. The van der Waals surface area contributed by atoms with Gasteiger partial charge in [-0.1, -0.05) is 0 Å². The molecule has 0 saturated carbocycles. The molecular formula is C16H24N2O2. The van der Waals surface area contributed by atoms with Crippen molar-refractivity contribution in [2.24, 2.45) is 5.92 Å². The maximum atomic E-state index is 12.7. The summed E-state index contributed by atoms with van der Waals surface area (Å²) in [6.45, 7) is 9.65. The Labute approximate surface area is 120 Å². The van der Waals surface area contributed by atoms with Crippen molar-refractivity contribution in [2.75, 3.05) is 32.8 Å². The van der Waals surface area contributed by atoms with Gasteiger partial charge in [0.15, 0.2) is 5.78 Å². The molecule has 1 aliphatic heterocycles. The van der Waals surface area contributed by atoms with E-state index in [1.807, 2.05) is 0 Å². The highest BCUT2D eigenvalue weighted by Gasteiger charge is 2.31. The highest BCUT2D eigenvalue weighted by molar-refractivity contribution is 6.00. The van der Waals surface area contributed by atoms with E-state index in [1.165, 1.54) is 11.4 Å². The molecule has 2 aliphatic rings. The first-order valence-electron chi connectivity index (χ1n) is 7.74. The smallest absolute Gasteiger partial charge is 0.169 e. The minimum Gasteiger partial charge on any atom is -0.379 e. The number of fused-ring (bicyclic) bond motifs is 1. The van der Waals surface area contributed by atoms with E-state index >= 15 is 0 Å². The number of ketones is 1. The largest absolute Gasteiger partial charge is 0.379 e. The molecule has 1 aromatic rings. The molecule has 1 saturated heterocycles. The van der Waals surface area contributed by atoms with Crippen molar-refractivity contribution in [3.63, 3.8) is 0 Å². The molecule has 2 heterocycles. The van der Waals surface area contributed by atoms with Crippen LogP contribution in [-0.4, -0.2) is 48.1 Å². The Kier molecular flexibility index (Phi) is 3.94. The van der Waals surface area contributed by atoms with Crippen LogP contribution in [0.3, 0.4) is 0 Å². The average Bonchev–Trinajstić information content (AvgIpc) is 2.79. The monoisotopic (exact) mass is 276 g/mol. The minimum atomic E-state index is 0.174. The fourth-order valence-electron chi connectivity index (χ4n) is 3.58. The van der Waals surface area contributed by atoms with Crippen LogP contribution in [0.15, 0.2) is 6.07 Å². The minimum absolute atomic E-state index is 0.174. The third kappa shape index (κ3) is 2.42. The molecule has 1 atom stereocenters. The number of carbonyl (C=O) groups excluding carboxylic acids is 1. The number of nitrogens with zero attached hydrogens (tertiary/aromatic N) is 2. The molecule has 0 N–H and O–H groups in total. The number of ether oxygens (including phenoxy) is 1. The zero-order valence-electron chi connectivity index (χ0n) is 12.5. The molecule has 0 aromatic carbocycles. The first kappa shape index (κ1) is 13.8. The summed E-state index contributed by atoms with van der Waals surface area (Å²) >= 11 is 0. The van der Waals surface area contributed by atoms with Crippen LogP contribution in [0.25, 0.3) is 0 Å². The van der Waals surface area contributed by atoms with Crippen LogP contribution in [0.5, 0.6) is 0 Å². The number of carbonyl (C=O) groups is 1. The van der Waals surface area contributed by atoms with Crippen molar-refractivity contribution in [2.45, 2.75) is 33.2 Å². The topological polar surface area (TPSA) is 34.5 Å². The number of aryl methyl sites for hydroxylation is 1. The number of hydrogen-bond donors (Lipinski definition) is 0. The lowest BCUT2D eigenvalue weighted by atomic mass is 9.86. The van der Waals surface area contributed by atoms with Gasteiger partial charge in [0.1, 0.15) is 0 Å². The van der Waals surface area contributed by atoms with Gasteiger partial charge in [0, 0.05) is 49.0 Å². The van der Waals surface area contributed by atoms with Gasteiger partial charge in [-0.25, -0.2) is 0 Å². The predicted octanol–water partition coefficient (Wildman–Crippen LogP) is 1.89. The molecule has 1 fully saturated rings. The van der Waals surface area contributed by atoms with Crippen molar-refractivity contribution in [3.05, 3.63) is 23.0 Å². The summed E-state index contributed by atoms with van der Waals surface area (Å²) in [5, 5.41) is 0. The maximum absolute atomic E-state index is 12.7. The van der Waals surface area contributed by atoms with E-state index in [0.717, 1.165) is 57.8 Å². The summed E-state index contributed by atoms with van der Waals surface area (Å²) < 4.78 is 7.67. The second-order valence-electron chi connectivity index (χ2n) is 5.90. The van der Waals surface area contributed by atoms with Gasteiger partial charge in [0.25, 0.3) is 0 Å². The second kappa shape index (κ2) is 5.70. The molecule has 0 spiro atoms. The van der Waals surface area contributed by atoms with E-state index in [-0.39, 0.29) is 5.92 Å². The molecule has 0 amide bonds. The van der Waals surface area contributed by atoms with Crippen LogP contribution < -0.4 is 0 Å². The van der Waals surface area contributed by atoms with E-state index in [2.05, 4.69) is 29.4 Å². The zero-order chi connectivity index (χ0) is 14.1. The Morgan fingerprint density at radius 2 is 2.10 bits per heavy atom. The van der Waals surface area contributed by atoms with Crippen molar-refractivity contribution >= 4 is 5.78 Å². The van der Waals surface area contributed by atoms with Crippen LogP contribution in [0.4, 0.5) is 0 Å². The lowest BCUT2D eigenvalue weighted by Crippen LogP contribution is -2.42. The Morgan fingerprint density at radius 1 is 1.35 bits per heavy atom. The van der Waals surface area contributed by atoms with E-state index in [1.54, 1.807) is 0 Å². The van der Waals surface area contributed by atoms with E-state index in [0.29, 0.717) is 5.78 Å². The molecule has 1 aromatic heterocycles. The summed E-state index contributed by atoms with van der Waals surface area (Å²) in [5.41, 5.74) is 3.46. The van der Waals surface area contributed by atoms with Gasteiger partial charge in [-0.05, 0) is 32.8 Å². The van der Waals surface area contributed by atoms with Crippen molar-refractivity contribution in [1.29, 1.82) is 0 Å². The van der Waals surface area contributed by atoms with Crippen molar-refractivity contribution in [1.82, 2.24) is 9.47 Å². The molecule has 110 valence electrons. The molecular weight excluding hydrogens is 252 g/mol. The molecule has 0 bridgehead atoms. The van der Waals surface area contributed by atoms with Crippen LogP contribution in [0.1, 0.15) is 35.1 Å². The van der Waals surface area contributed by atoms with Gasteiger partial charge in [-0.3, -0.25) is 9.69 Å². The van der Waals surface area contributed by atoms with Gasteiger partial charge in [0.2, 0.25) is 0 Å². The number of aromatic nitrogens is 1. The van der Waals surface area contributed by atoms with Gasteiger partial charge < -0.3 is 9.30 Å². The Hall–Kier alpha value is -1.13. The summed E-state index contributed by atoms with van der Waals surface area (Å²) in [5.74, 6) is 0.528. The average molecular weight is 276 g/mol.